The molecule has 0 fully saturated rings. The summed E-state index contributed by atoms with van der Waals surface area (Å²) in [6.45, 7) is 3.02. The lowest BCUT2D eigenvalue weighted by molar-refractivity contribution is 0.575. The number of benzene rings is 1. The number of hydrogen-bond acceptors (Lipinski definition) is 2. The standard InChI is InChI=1S/C13H15F2N3/c1-9-11(8-17-18(9)2)7-16-6-10-3-12(14)5-13(15)4-10/h3-5,8,16H,6-7H2,1-2H3. The van der Waals surface area contributed by atoms with Gasteiger partial charge in [0.2, 0.25) is 0 Å². The van der Waals surface area contributed by atoms with Crippen molar-refractivity contribution in [1.82, 2.24) is 15.1 Å². The van der Waals surface area contributed by atoms with Gasteiger partial charge in [-0.1, -0.05) is 0 Å². The van der Waals surface area contributed by atoms with Crippen LogP contribution in [0.3, 0.4) is 0 Å². The zero-order valence-corrected chi connectivity index (χ0v) is 10.4. The second kappa shape index (κ2) is 5.27. The van der Waals surface area contributed by atoms with E-state index in [0.717, 1.165) is 17.3 Å². The first-order valence-corrected chi connectivity index (χ1v) is 5.69. The van der Waals surface area contributed by atoms with Crippen molar-refractivity contribution < 1.29 is 8.78 Å². The summed E-state index contributed by atoms with van der Waals surface area (Å²) in [5.74, 6) is -1.10. The summed E-state index contributed by atoms with van der Waals surface area (Å²) in [7, 11) is 1.88. The van der Waals surface area contributed by atoms with E-state index in [9.17, 15) is 8.78 Å². The van der Waals surface area contributed by atoms with Crippen LogP contribution < -0.4 is 5.32 Å². The van der Waals surface area contributed by atoms with E-state index in [1.165, 1.54) is 12.1 Å². The summed E-state index contributed by atoms with van der Waals surface area (Å²) in [5.41, 5.74) is 2.75. The van der Waals surface area contributed by atoms with Gasteiger partial charge in [0, 0.05) is 37.5 Å². The van der Waals surface area contributed by atoms with Gasteiger partial charge in [-0.2, -0.15) is 5.10 Å². The summed E-state index contributed by atoms with van der Waals surface area (Å²) in [5, 5.41) is 7.27. The van der Waals surface area contributed by atoms with Gasteiger partial charge < -0.3 is 5.32 Å². The van der Waals surface area contributed by atoms with E-state index >= 15 is 0 Å². The van der Waals surface area contributed by atoms with E-state index < -0.39 is 11.6 Å². The quantitative estimate of drug-likeness (QED) is 0.903. The van der Waals surface area contributed by atoms with Gasteiger partial charge >= 0.3 is 0 Å². The second-order valence-electron chi connectivity index (χ2n) is 4.26. The molecule has 2 aromatic rings. The minimum atomic E-state index is -0.552. The van der Waals surface area contributed by atoms with Gasteiger partial charge in [0.1, 0.15) is 11.6 Å². The zero-order valence-electron chi connectivity index (χ0n) is 10.4. The highest BCUT2D eigenvalue weighted by atomic mass is 19.1. The number of nitrogens with one attached hydrogen (secondary N) is 1. The molecule has 0 radical (unpaired) electrons. The Morgan fingerprint density at radius 2 is 1.83 bits per heavy atom. The van der Waals surface area contributed by atoms with Crippen molar-refractivity contribution in [3.8, 4) is 0 Å². The number of halogens is 2. The fraction of sp³-hybridized carbons (Fsp3) is 0.308. The molecule has 3 nitrogen and oxygen atoms in total. The molecule has 0 spiro atoms. The molecule has 0 aliphatic rings. The van der Waals surface area contributed by atoms with E-state index in [4.69, 9.17) is 0 Å². The van der Waals surface area contributed by atoms with Crippen LogP contribution in [0.2, 0.25) is 0 Å². The van der Waals surface area contributed by atoms with Crippen LogP contribution in [0.25, 0.3) is 0 Å². The molecule has 18 heavy (non-hydrogen) atoms. The van der Waals surface area contributed by atoms with Crippen molar-refractivity contribution in [3.05, 3.63) is 52.9 Å². The van der Waals surface area contributed by atoms with Crippen molar-refractivity contribution in [1.29, 1.82) is 0 Å². The van der Waals surface area contributed by atoms with Gasteiger partial charge in [-0.15, -0.1) is 0 Å². The molecule has 1 aromatic carbocycles. The maximum Gasteiger partial charge on any atom is 0.126 e. The molecule has 0 bridgehead atoms. The predicted molar refractivity (Wildman–Crippen MR) is 64.8 cm³/mol. The molecule has 1 N–H and O–H groups in total. The van der Waals surface area contributed by atoms with Crippen molar-refractivity contribution in [2.75, 3.05) is 0 Å². The Kier molecular flexibility index (Phi) is 3.72. The zero-order chi connectivity index (χ0) is 13.1. The third-order valence-electron chi connectivity index (χ3n) is 2.90. The molecule has 5 heteroatoms. The van der Waals surface area contributed by atoms with Crippen molar-refractivity contribution in [2.45, 2.75) is 20.0 Å². The van der Waals surface area contributed by atoms with E-state index in [2.05, 4.69) is 10.4 Å². The Bertz CT molecular complexity index is 529. The molecule has 0 amide bonds. The molecule has 0 saturated carbocycles. The number of aryl methyl sites for hydroxylation is 1. The smallest absolute Gasteiger partial charge is 0.126 e. The Hall–Kier alpha value is -1.75. The number of rotatable bonds is 4. The Morgan fingerprint density at radius 3 is 2.39 bits per heavy atom. The van der Waals surface area contributed by atoms with Crippen LogP contribution in [-0.2, 0) is 20.1 Å². The first-order chi connectivity index (χ1) is 8.56. The van der Waals surface area contributed by atoms with Crippen LogP contribution in [0.5, 0.6) is 0 Å². The summed E-state index contributed by atoms with van der Waals surface area (Å²) in [6, 6.07) is 3.52. The highest BCUT2D eigenvalue weighted by Crippen LogP contribution is 2.09. The SMILES string of the molecule is Cc1c(CNCc2cc(F)cc(F)c2)cnn1C. The second-order valence-corrected chi connectivity index (χ2v) is 4.26. The minimum Gasteiger partial charge on any atom is -0.308 e. The normalized spacial score (nSPS) is 10.9. The molecule has 0 saturated heterocycles. The lowest BCUT2D eigenvalue weighted by Gasteiger charge is -2.05. The Balaban J connectivity index is 1.94. The number of aromatic nitrogens is 2. The molecule has 1 heterocycles. The first-order valence-electron chi connectivity index (χ1n) is 5.69. The minimum absolute atomic E-state index is 0.420. The van der Waals surface area contributed by atoms with E-state index in [-0.39, 0.29) is 0 Å². The summed E-state index contributed by atoms with van der Waals surface area (Å²) in [6.07, 6.45) is 1.79. The highest BCUT2D eigenvalue weighted by molar-refractivity contribution is 5.19. The van der Waals surface area contributed by atoms with Gasteiger partial charge in [-0.25, -0.2) is 8.78 Å². The lowest BCUT2D eigenvalue weighted by Crippen LogP contribution is -2.13. The molecule has 0 unspecified atom stereocenters. The summed E-state index contributed by atoms with van der Waals surface area (Å²) < 4.78 is 27.7. The molecule has 0 atom stereocenters. The van der Waals surface area contributed by atoms with Crippen molar-refractivity contribution >= 4 is 0 Å². The Labute approximate surface area is 104 Å². The van der Waals surface area contributed by atoms with Crippen LogP contribution in [-0.4, -0.2) is 9.78 Å². The van der Waals surface area contributed by atoms with E-state index in [0.29, 0.717) is 18.7 Å². The molecule has 1 aromatic heterocycles. The number of hydrogen-bond donors (Lipinski definition) is 1. The third kappa shape index (κ3) is 2.92. The molecule has 0 aliphatic carbocycles. The maximum absolute atomic E-state index is 13.0. The highest BCUT2D eigenvalue weighted by Gasteiger charge is 2.04. The van der Waals surface area contributed by atoms with Crippen LogP contribution >= 0.6 is 0 Å². The van der Waals surface area contributed by atoms with Crippen molar-refractivity contribution in [2.24, 2.45) is 7.05 Å². The van der Waals surface area contributed by atoms with E-state index in [1.807, 2.05) is 14.0 Å². The molecule has 96 valence electrons. The predicted octanol–water partition coefficient (Wildman–Crippen LogP) is 2.30. The summed E-state index contributed by atoms with van der Waals surface area (Å²) in [4.78, 5) is 0. The van der Waals surface area contributed by atoms with Gasteiger partial charge in [-0.3, -0.25) is 4.68 Å². The van der Waals surface area contributed by atoms with Crippen LogP contribution in [0.1, 0.15) is 16.8 Å². The van der Waals surface area contributed by atoms with Gasteiger partial charge in [-0.05, 0) is 24.6 Å². The molecule has 2 rings (SSSR count). The third-order valence-corrected chi connectivity index (χ3v) is 2.90. The van der Waals surface area contributed by atoms with Gasteiger partial charge in [0.15, 0.2) is 0 Å². The van der Waals surface area contributed by atoms with Gasteiger partial charge in [0.05, 0.1) is 6.20 Å². The largest absolute Gasteiger partial charge is 0.308 e. The monoisotopic (exact) mass is 251 g/mol. The fourth-order valence-electron chi connectivity index (χ4n) is 1.77. The fourth-order valence-corrected chi connectivity index (χ4v) is 1.77. The van der Waals surface area contributed by atoms with Crippen LogP contribution in [0, 0.1) is 18.6 Å². The van der Waals surface area contributed by atoms with Crippen molar-refractivity contribution in [3.63, 3.8) is 0 Å². The van der Waals surface area contributed by atoms with E-state index in [1.54, 1.807) is 10.9 Å². The number of nitrogens with zero attached hydrogens (tertiary/aromatic N) is 2. The lowest BCUT2D eigenvalue weighted by atomic mass is 10.2. The maximum atomic E-state index is 13.0. The van der Waals surface area contributed by atoms with Gasteiger partial charge in [0.25, 0.3) is 0 Å². The average molecular weight is 251 g/mol. The molecular formula is C13H15F2N3. The van der Waals surface area contributed by atoms with Crippen LogP contribution in [0.15, 0.2) is 24.4 Å². The van der Waals surface area contributed by atoms with Crippen LogP contribution in [0.4, 0.5) is 8.78 Å². The summed E-state index contributed by atoms with van der Waals surface area (Å²) >= 11 is 0. The Morgan fingerprint density at radius 1 is 1.17 bits per heavy atom. The first kappa shape index (κ1) is 12.7. The average Bonchev–Trinajstić information content (AvgIpc) is 2.59. The molecular weight excluding hydrogens is 236 g/mol. The molecule has 0 aliphatic heterocycles. The topological polar surface area (TPSA) is 29.9 Å².